The number of para-hydroxylation sites is 1. The van der Waals surface area contributed by atoms with E-state index in [0.29, 0.717) is 12.2 Å². The third-order valence-corrected chi connectivity index (χ3v) is 4.19. The van der Waals surface area contributed by atoms with Crippen molar-refractivity contribution in [3.05, 3.63) is 95.6 Å². The van der Waals surface area contributed by atoms with Crippen LogP contribution in [0.5, 0.6) is 5.75 Å². The van der Waals surface area contributed by atoms with Gasteiger partial charge in [0, 0.05) is 5.69 Å². The zero-order chi connectivity index (χ0) is 17.1. The van der Waals surface area contributed by atoms with Crippen LogP contribution in [0.1, 0.15) is 27.7 Å². The van der Waals surface area contributed by atoms with Crippen molar-refractivity contribution in [1.29, 1.82) is 0 Å². The van der Waals surface area contributed by atoms with Gasteiger partial charge in [-0.2, -0.15) is 0 Å². The van der Waals surface area contributed by atoms with Crippen molar-refractivity contribution >= 4 is 11.6 Å². The average Bonchev–Trinajstić information content (AvgIpc) is 2.67. The van der Waals surface area contributed by atoms with E-state index in [2.05, 4.69) is 10.6 Å². The molecule has 1 atom stereocenters. The van der Waals surface area contributed by atoms with Crippen molar-refractivity contribution in [2.45, 2.75) is 12.8 Å². The van der Waals surface area contributed by atoms with Gasteiger partial charge in [0.25, 0.3) is 5.91 Å². The van der Waals surface area contributed by atoms with Crippen molar-refractivity contribution in [2.75, 3.05) is 5.32 Å². The van der Waals surface area contributed by atoms with E-state index in [1.54, 1.807) is 0 Å². The second-order valence-electron chi connectivity index (χ2n) is 5.94. The molecule has 4 rings (SSSR count). The normalized spacial score (nSPS) is 15.7. The summed E-state index contributed by atoms with van der Waals surface area (Å²) < 4.78 is 5.88. The molecule has 0 saturated heterocycles. The Hall–Kier alpha value is -3.27. The Morgan fingerprint density at radius 1 is 0.840 bits per heavy atom. The maximum absolute atomic E-state index is 12.3. The average molecular weight is 330 g/mol. The number of hydrogen-bond acceptors (Lipinski definition) is 3. The molecule has 0 radical (unpaired) electrons. The van der Waals surface area contributed by atoms with Crippen LogP contribution in [0.15, 0.2) is 78.9 Å². The minimum Gasteiger partial charge on any atom is -0.489 e. The van der Waals surface area contributed by atoms with Gasteiger partial charge in [-0.1, -0.05) is 54.6 Å². The highest BCUT2D eigenvalue weighted by molar-refractivity contribution is 6.01. The molecule has 25 heavy (non-hydrogen) atoms. The highest BCUT2D eigenvalue weighted by Gasteiger charge is 2.24. The van der Waals surface area contributed by atoms with Crippen molar-refractivity contribution < 1.29 is 9.53 Å². The molecule has 0 unspecified atom stereocenters. The number of nitrogens with one attached hydrogen (secondary N) is 2. The highest BCUT2D eigenvalue weighted by atomic mass is 16.5. The molecule has 1 heterocycles. The number of carbonyl (C=O) groups excluding carboxylic acids is 1. The molecule has 0 saturated carbocycles. The summed E-state index contributed by atoms with van der Waals surface area (Å²) in [5.74, 6) is 0.700. The molecule has 1 aliphatic rings. The first-order valence-corrected chi connectivity index (χ1v) is 8.23. The quantitative estimate of drug-likeness (QED) is 0.756. The number of rotatable bonds is 4. The van der Waals surface area contributed by atoms with E-state index < -0.39 is 0 Å². The largest absolute Gasteiger partial charge is 0.489 e. The summed E-state index contributed by atoms with van der Waals surface area (Å²) in [6.07, 6.45) is -0.275. The van der Waals surface area contributed by atoms with Crippen LogP contribution in [0.3, 0.4) is 0 Å². The monoisotopic (exact) mass is 330 g/mol. The van der Waals surface area contributed by atoms with Gasteiger partial charge in [0.15, 0.2) is 0 Å². The lowest BCUT2D eigenvalue weighted by Gasteiger charge is -2.28. The first-order valence-electron chi connectivity index (χ1n) is 8.23. The maximum Gasteiger partial charge on any atom is 0.255 e. The van der Waals surface area contributed by atoms with Crippen molar-refractivity contribution in [1.82, 2.24) is 5.32 Å². The van der Waals surface area contributed by atoms with Gasteiger partial charge >= 0.3 is 0 Å². The first-order chi connectivity index (χ1) is 12.3. The van der Waals surface area contributed by atoms with Crippen molar-refractivity contribution in [2.24, 2.45) is 0 Å². The molecule has 2 N–H and O–H groups in total. The third kappa shape index (κ3) is 3.33. The predicted octanol–water partition coefficient (Wildman–Crippen LogP) is 4.12. The molecule has 0 bridgehead atoms. The fourth-order valence-electron chi connectivity index (χ4n) is 2.90. The SMILES string of the molecule is O=C1N[C@@H](c2cccc(OCc3ccccc3)c2)Nc2ccccc21. The number of benzene rings is 3. The molecule has 4 nitrogen and oxygen atoms in total. The number of carbonyl (C=O) groups is 1. The first kappa shape index (κ1) is 15.3. The minimum absolute atomic E-state index is 0.0741. The summed E-state index contributed by atoms with van der Waals surface area (Å²) in [7, 11) is 0. The summed E-state index contributed by atoms with van der Waals surface area (Å²) in [6.45, 7) is 0.511. The Bertz CT molecular complexity index is 893. The summed E-state index contributed by atoms with van der Waals surface area (Å²) in [6, 6.07) is 25.3. The molecular formula is C21H18N2O2. The Morgan fingerprint density at radius 2 is 1.64 bits per heavy atom. The lowest BCUT2D eigenvalue weighted by molar-refractivity contribution is 0.0935. The number of ether oxygens (including phenoxy) is 1. The van der Waals surface area contributed by atoms with E-state index >= 15 is 0 Å². The molecule has 124 valence electrons. The second-order valence-corrected chi connectivity index (χ2v) is 5.94. The van der Waals surface area contributed by atoms with E-state index in [-0.39, 0.29) is 12.1 Å². The van der Waals surface area contributed by atoms with Crippen LogP contribution in [-0.4, -0.2) is 5.91 Å². The fourth-order valence-corrected chi connectivity index (χ4v) is 2.90. The number of anilines is 1. The predicted molar refractivity (Wildman–Crippen MR) is 97.5 cm³/mol. The number of amides is 1. The maximum atomic E-state index is 12.3. The van der Waals surface area contributed by atoms with Gasteiger partial charge in [0.1, 0.15) is 18.5 Å². The molecule has 3 aromatic rings. The van der Waals surface area contributed by atoms with Crippen LogP contribution in [0.2, 0.25) is 0 Å². The highest BCUT2D eigenvalue weighted by Crippen LogP contribution is 2.28. The molecule has 0 aromatic heterocycles. The molecule has 1 aliphatic heterocycles. The second kappa shape index (κ2) is 6.69. The topological polar surface area (TPSA) is 50.4 Å². The molecule has 0 aliphatic carbocycles. The summed E-state index contributed by atoms with van der Waals surface area (Å²) >= 11 is 0. The Kier molecular flexibility index (Phi) is 4.09. The van der Waals surface area contributed by atoms with Crippen LogP contribution >= 0.6 is 0 Å². The van der Waals surface area contributed by atoms with E-state index in [1.807, 2.05) is 78.9 Å². The van der Waals surface area contributed by atoms with Crippen LogP contribution in [-0.2, 0) is 6.61 Å². The van der Waals surface area contributed by atoms with Gasteiger partial charge in [-0.15, -0.1) is 0 Å². The number of fused-ring (bicyclic) bond motifs is 1. The molecule has 3 aromatic carbocycles. The lowest BCUT2D eigenvalue weighted by atomic mass is 10.1. The molecule has 0 fully saturated rings. The summed E-state index contributed by atoms with van der Waals surface area (Å²) in [5.41, 5.74) is 3.57. The van der Waals surface area contributed by atoms with Gasteiger partial charge in [-0.3, -0.25) is 4.79 Å². The molecule has 4 heteroatoms. The van der Waals surface area contributed by atoms with Crippen molar-refractivity contribution in [3.8, 4) is 5.75 Å². The van der Waals surface area contributed by atoms with Crippen LogP contribution in [0.4, 0.5) is 5.69 Å². The standard InChI is InChI=1S/C21H18N2O2/c24-21-18-11-4-5-12-19(18)22-20(23-21)16-9-6-10-17(13-16)25-14-15-7-2-1-3-8-15/h1-13,20,22H,14H2,(H,23,24)/t20-/m0/s1. The summed E-state index contributed by atoms with van der Waals surface area (Å²) in [5, 5.41) is 6.34. The van der Waals surface area contributed by atoms with Crippen LogP contribution in [0, 0.1) is 0 Å². The van der Waals surface area contributed by atoms with Crippen LogP contribution < -0.4 is 15.4 Å². The number of hydrogen-bond donors (Lipinski definition) is 2. The molecule has 1 amide bonds. The molecular weight excluding hydrogens is 312 g/mol. The smallest absolute Gasteiger partial charge is 0.255 e. The third-order valence-electron chi connectivity index (χ3n) is 4.19. The Balaban J connectivity index is 1.51. The van der Waals surface area contributed by atoms with Gasteiger partial charge in [-0.25, -0.2) is 0 Å². The van der Waals surface area contributed by atoms with Gasteiger partial charge in [-0.05, 0) is 35.4 Å². The van der Waals surface area contributed by atoms with E-state index in [0.717, 1.165) is 22.6 Å². The fraction of sp³-hybridized carbons (Fsp3) is 0.0952. The zero-order valence-electron chi connectivity index (χ0n) is 13.6. The van der Waals surface area contributed by atoms with Gasteiger partial charge in [0.2, 0.25) is 0 Å². The molecule has 0 spiro atoms. The van der Waals surface area contributed by atoms with E-state index in [1.165, 1.54) is 0 Å². The summed E-state index contributed by atoms with van der Waals surface area (Å²) in [4.78, 5) is 12.3. The van der Waals surface area contributed by atoms with Crippen molar-refractivity contribution in [3.63, 3.8) is 0 Å². The Morgan fingerprint density at radius 3 is 2.52 bits per heavy atom. The van der Waals surface area contributed by atoms with E-state index in [4.69, 9.17) is 4.74 Å². The minimum atomic E-state index is -0.275. The van der Waals surface area contributed by atoms with Gasteiger partial charge in [0.05, 0.1) is 5.56 Å². The zero-order valence-corrected chi connectivity index (χ0v) is 13.6. The lowest BCUT2D eigenvalue weighted by Crippen LogP contribution is -2.38. The van der Waals surface area contributed by atoms with Crippen LogP contribution in [0.25, 0.3) is 0 Å². The Labute approximate surface area is 146 Å². The van der Waals surface area contributed by atoms with Gasteiger partial charge < -0.3 is 15.4 Å². The van der Waals surface area contributed by atoms with E-state index in [9.17, 15) is 4.79 Å².